The van der Waals surface area contributed by atoms with Gasteiger partial charge >= 0.3 is 0 Å². The lowest BCUT2D eigenvalue weighted by molar-refractivity contribution is -0.141. The van der Waals surface area contributed by atoms with E-state index in [4.69, 9.17) is 11.5 Å². The van der Waals surface area contributed by atoms with Gasteiger partial charge in [-0.25, -0.2) is 0 Å². The smallest absolute Gasteiger partial charge is 0.245 e. The molecule has 0 bridgehead atoms. The molecule has 1 saturated carbocycles. The number of aliphatic hydroxyl groups is 2. The number of likely N-dealkylation sites (tertiary alicyclic amines) is 1. The van der Waals surface area contributed by atoms with Crippen molar-refractivity contribution in [3.63, 3.8) is 0 Å². The van der Waals surface area contributed by atoms with Gasteiger partial charge in [0.15, 0.2) is 5.78 Å². The van der Waals surface area contributed by atoms with Crippen molar-refractivity contribution < 1.29 is 29.4 Å². The van der Waals surface area contributed by atoms with Crippen LogP contribution in [0.4, 0.5) is 0 Å². The second kappa shape index (κ2) is 13.9. The van der Waals surface area contributed by atoms with Gasteiger partial charge in [0, 0.05) is 31.8 Å². The summed E-state index contributed by atoms with van der Waals surface area (Å²) < 4.78 is 0. The molecule has 0 aromatic rings. The van der Waals surface area contributed by atoms with Crippen LogP contribution in [0.3, 0.4) is 0 Å². The normalized spacial score (nSPS) is 24.3. The zero-order chi connectivity index (χ0) is 26.1. The Morgan fingerprint density at radius 1 is 1.11 bits per heavy atom. The molecule has 6 atom stereocenters. The maximum atomic E-state index is 13.1. The Kier molecular flexibility index (Phi) is 11.5. The number of carbonyl (C=O) groups is 4. The Bertz CT molecular complexity index is 742. The van der Waals surface area contributed by atoms with E-state index in [9.17, 15) is 29.4 Å². The van der Waals surface area contributed by atoms with Crippen molar-refractivity contribution in [2.75, 3.05) is 13.1 Å². The van der Waals surface area contributed by atoms with Gasteiger partial charge < -0.3 is 37.2 Å². The molecule has 0 radical (unpaired) electrons. The number of hydrogen-bond donors (Lipinski definition) is 6. The summed E-state index contributed by atoms with van der Waals surface area (Å²) in [5.41, 5.74) is 11.8. The van der Waals surface area contributed by atoms with Gasteiger partial charge in [-0.3, -0.25) is 19.2 Å². The van der Waals surface area contributed by atoms with Gasteiger partial charge in [0.1, 0.15) is 12.1 Å². The molecule has 1 saturated heterocycles. The SMILES string of the molecule is CCC(=O)[C@H](CCN)NC(=O)[C@@H](NC(=O)[C@@H]1C[C@@H](O)CN1C(=O)CC(N)C1CCCCC1)C(C)O. The summed E-state index contributed by atoms with van der Waals surface area (Å²) in [5, 5.41) is 25.4. The third-order valence-corrected chi connectivity index (χ3v) is 7.14. The highest BCUT2D eigenvalue weighted by Gasteiger charge is 2.41. The molecule has 11 nitrogen and oxygen atoms in total. The van der Waals surface area contributed by atoms with Gasteiger partial charge in [0.25, 0.3) is 0 Å². The van der Waals surface area contributed by atoms with Crippen LogP contribution in [0.1, 0.15) is 71.6 Å². The van der Waals surface area contributed by atoms with Crippen LogP contribution >= 0.6 is 0 Å². The molecule has 2 aliphatic rings. The molecular weight excluding hydrogens is 454 g/mol. The molecule has 3 amide bonds. The molecule has 11 heteroatoms. The first-order valence-corrected chi connectivity index (χ1v) is 12.8. The first kappa shape index (κ1) is 29.2. The standard InChI is InChI=1S/C24H43N5O6/c1-3-20(32)18(9-10-25)27-24(35)22(14(2)30)28-23(34)19-11-16(31)13-29(19)21(33)12-17(26)15-7-5-4-6-8-15/h14-19,22,30-31H,3-13,25-26H2,1-2H3,(H,27,35)(H,28,34)/t14?,16-,17?,18+,19+,22+/m1/s1. The summed E-state index contributed by atoms with van der Waals surface area (Å²) in [4.78, 5) is 52.4. The van der Waals surface area contributed by atoms with Crippen LogP contribution in [0.15, 0.2) is 0 Å². The average Bonchev–Trinajstić information content (AvgIpc) is 3.23. The molecule has 8 N–H and O–H groups in total. The van der Waals surface area contributed by atoms with Crippen molar-refractivity contribution in [2.24, 2.45) is 17.4 Å². The highest BCUT2D eigenvalue weighted by molar-refractivity contribution is 5.95. The summed E-state index contributed by atoms with van der Waals surface area (Å²) in [6.45, 7) is 3.20. The van der Waals surface area contributed by atoms with Gasteiger partial charge in [-0.2, -0.15) is 0 Å². The summed E-state index contributed by atoms with van der Waals surface area (Å²) in [6.07, 6.45) is 3.74. The van der Waals surface area contributed by atoms with Crippen molar-refractivity contribution in [1.82, 2.24) is 15.5 Å². The van der Waals surface area contributed by atoms with Gasteiger partial charge in [-0.1, -0.05) is 26.2 Å². The lowest BCUT2D eigenvalue weighted by atomic mass is 9.83. The summed E-state index contributed by atoms with van der Waals surface area (Å²) >= 11 is 0. The highest BCUT2D eigenvalue weighted by Crippen LogP contribution is 2.28. The quantitative estimate of drug-likeness (QED) is 0.196. The third-order valence-electron chi connectivity index (χ3n) is 7.14. The van der Waals surface area contributed by atoms with Gasteiger partial charge in [0.05, 0.1) is 18.2 Å². The molecule has 0 spiro atoms. The van der Waals surface area contributed by atoms with E-state index in [1.165, 1.54) is 18.2 Å². The number of hydrogen-bond acceptors (Lipinski definition) is 8. The fraction of sp³-hybridized carbons (Fsp3) is 0.833. The molecule has 0 aromatic carbocycles. The maximum Gasteiger partial charge on any atom is 0.245 e. The molecule has 1 heterocycles. The first-order valence-electron chi connectivity index (χ1n) is 12.8. The Morgan fingerprint density at radius 3 is 2.34 bits per heavy atom. The van der Waals surface area contributed by atoms with Gasteiger partial charge in [-0.15, -0.1) is 0 Å². The third kappa shape index (κ3) is 8.23. The van der Waals surface area contributed by atoms with Crippen LogP contribution in [0.25, 0.3) is 0 Å². The van der Waals surface area contributed by atoms with Crippen molar-refractivity contribution in [3.05, 3.63) is 0 Å². The van der Waals surface area contributed by atoms with Crippen LogP contribution in [0, 0.1) is 5.92 Å². The minimum absolute atomic E-state index is 0.00340. The summed E-state index contributed by atoms with van der Waals surface area (Å²) in [6, 6.07) is -3.45. The Labute approximate surface area is 207 Å². The van der Waals surface area contributed by atoms with Crippen LogP contribution in [0.5, 0.6) is 0 Å². The fourth-order valence-corrected chi connectivity index (χ4v) is 5.03. The number of nitrogens with zero attached hydrogens (tertiary/aromatic N) is 1. The van der Waals surface area contributed by atoms with Crippen molar-refractivity contribution in [3.8, 4) is 0 Å². The van der Waals surface area contributed by atoms with Gasteiger partial charge in [-0.05, 0) is 38.6 Å². The van der Waals surface area contributed by atoms with E-state index in [-0.39, 0.29) is 62.4 Å². The lowest BCUT2D eigenvalue weighted by Gasteiger charge is -2.31. The second-order valence-electron chi connectivity index (χ2n) is 9.90. The molecule has 200 valence electrons. The molecule has 2 unspecified atom stereocenters. The minimum Gasteiger partial charge on any atom is -0.391 e. The Morgan fingerprint density at radius 2 is 1.77 bits per heavy atom. The Balaban J connectivity index is 2.05. The number of ketones is 1. The van der Waals surface area contributed by atoms with Crippen LogP contribution in [0.2, 0.25) is 0 Å². The molecule has 1 aliphatic carbocycles. The number of amides is 3. The topological polar surface area (TPSA) is 188 Å². The van der Waals surface area contributed by atoms with Gasteiger partial charge in [0.2, 0.25) is 17.7 Å². The Hall–Kier alpha value is -2.08. The zero-order valence-corrected chi connectivity index (χ0v) is 20.9. The van der Waals surface area contributed by atoms with E-state index in [0.717, 1.165) is 25.7 Å². The average molecular weight is 498 g/mol. The predicted molar refractivity (Wildman–Crippen MR) is 130 cm³/mol. The molecule has 2 fully saturated rings. The fourth-order valence-electron chi connectivity index (χ4n) is 5.03. The van der Waals surface area contributed by atoms with Crippen molar-refractivity contribution >= 4 is 23.5 Å². The molecule has 1 aliphatic heterocycles. The minimum atomic E-state index is -1.34. The molecule has 0 aromatic heterocycles. The summed E-state index contributed by atoms with van der Waals surface area (Å²) in [5.74, 6) is -1.62. The number of carbonyl (C=O) groups excluding carboxylic acids is 4. The lowest BCUT2D eigenvalue weighted by Crippen LogP contribution is -2.59. The number of nitrogens with one attached hydrogen (secondary N) is 2. The molecule has 35 heavy (non-hydrogen) atoms. The van der Waals surface area contributed by atoms with E-state index in [0.29, 0.717) is 0 Å². The number of nitrogens with two attached hydrogens (primary N) is 2. The van der Waals surface area contributed by atoms with Crippen molar-refractivity contribution in [2.45, 2.75) is 108 Å². The molecule has 2 rings (SSSR count). The van der Waals surface area contributed by atoms with Crippen LogP contribution in [-0.4, -0.2) is 88.1 Å². The summed E-state index contributed by atoms with van der Waals surface area (Å²) in [7, 11) is 0. The van der Waals surface area contributed by atoms with Crippen LogP contribution < -0.4 is 22.1 Å². The number of Topliss-reactive ketones (excluding diaryl/α,β-unsaturated/α-hetero) is 1. The van der Waals surface area contributed by atoms with E-state index >= 15 is 0 Å². The second-order valence-corrected chi connectivity index (χ2v) is 9.90. The van der Waals surface area contributed by atoms with E-state index in [1.54, 1.807) is 6.92 Å². The first-order chi connectivity index (χ1) is 16.6. The van der Waals surface area contributed by atoms with E-state index < -0.39 is 42.1 Å². The largest absolute Gasteiger partial charge is 0.391 e. The number of aliphatic hydroxyl groups excluding tert-OH is 2. The van der Waals surface area contributed by atoms with E-state index in [2.05, 4.69) is 10.6 Å². The van der Waals surface area contributed by atoms with E-state index in [1.807, 2.05) is 0 Å². The van der Waals surface area contributed by atoms with Crippen molar-refractivity contribution in [1.29, 1.82) is 0 Å². The predicted octanol–water partition coefficient (Wildman–Crippen LogP) is -1.08. The maximum absolute atomic E-state index is 13.1. The zero-order valence-electron chi connectivity index (χ0n) is 20.9. The highest BCUT2D eigenvalue weighted by atomic mass is 16.3. The van der Waals surface area contributed by atoms with Crippen LogP contribution in [-0.2, 0) is 19.2 Å². The molecular formula is C24H43N5O6. The monoisotopic (exact) mass is 497 g/mol. The number of β-amino-alcohol motifs (C(OH)–C–C–N with tert-alkyl or cyclic N) is 1. The number of rotatable bonds is 12.